The molecule has 1 amide bonds. The second-order valence-corrected chi connectivity index (χ2v) is 6.85. The lowest BCUT2D eigenvalue weighted by atomic mass is 10.1. The number of amides is 1. The first-order valence-electron chi connectivity index (χ1n) is 8.63. The van der Waals surface area contributed by atoms with Crippen LogP contribution in [0.25, 0.3) is 0 Å². The van der Waals surface area contributed by atoms with E-state index in [9.17, 15) is 9.90 Å². The van der Waals surface area contributed by atoms with Gasteiger partial charge in [0.05, 0.1) is 0 Å². The van der Waals surface area contributed by atoms with Crippen LogP contribution >= 0.6 is 11.6 Å². The Bertz CT molecular complexity index is 713. The van der Waals surface area contributed by atoms with Crippen molar-refractivity contribution in [1.82, 2.24) is 9.80 Å². The molecular weight excluding hydrogens is 336 g/mol. The van der Waals surface area contributed by atoms with Crippen molar-refractivity contribution >= 4 is 17.5 Å². The first-order valence-corrected chi connectivity index (χ1v) is 9.01. The molecule has 1 N–H and O–H groups in total. The Balaban J connectivity index is 1.46. The van der Waals surface area contributed by atoms with E-state index >= 15 is 0 Å². The molecule has 25 heavy (non-hydrogen) atoms. The summed E-state index contributed by atoms with van der Waals surface area (Å²) in [5.74, 6) is 0.486. The molecule has 0 radical (unpaired) electrons. The third-order valence-electron chi connectivity index (χ3n) is 4.63. The minimum atomic E-state index is 0.217. The van der Waals surface area contributed by atoms with Crippen molar-refractivity contribution in [3.05, 3.63) is 64.7 Å². The quantitative estimate of drug-likeness (QED) is 0.891. The average molecular weight is 359 g/mol. The fourth-order valence-corrected chi connectivity index (χ4v) is 3.33. The first-order chi connectivity index (χ1) is 12.1. The van der Waals surface area contributed by atoms with Crippen molar-refractivity contribution in [2.75, 3.05) is 26.2 Å². The average Bonchev–Trinajstić information content (AvgIpc) is 2.64. The van der Waals surface area contributed by atoms with Crippen molar-refractivity contribution in [2.45, 2.75) is 19.4 Å². The van der Waals surface area contributed by atoms with Gasteiger partial charge in [0, 0.05) is 49.7 Å². The van der Waals surface area contributed by atoms with Gasteiger partial charge in [-0.2, -0.15) is 0 Å². The van der Waals surface area contributed by atoms with Gasteiger partial charge in [-0.3, -0.25) is 9.69 Å². The van der Waals surface area contributed by atoms with Gasteiger partial charge in [0.25, 0.3) is 0 Å². The predicted molar refractivity (Wildman–Crippen MR) is 99.7 cm³/mol. The van der Waals surface area contributed by atoms with Crippen molar-refractivity contribution in [3.63, 3.8) is 0 Å². The number of piperazine rings is 1. The highest BCUT2D eigenvalue weighted by Gasteiger charge is 2.21. The van der Waals surface area contributed by atoms with Crippen LogP contribution in [0.5, 0.6) is 5.75 Å². The monoisotopic (exact) mass is 358 g/mol. The van der Waals surface area contributed by atoms with Crippen LogP contribution in [-0.4, -0.2) is 47.0 Å². The van der Waals surface area contributed by atoms with Crippen LogP contribution in [0, 0.1) is 0 Å². The number of phenols is 1. The summed E-state index contributed by atoms with van der Waals surface area (Å²) >= 11 is 6.00. The molecular formula is C20H23ClN2O2. The summed E-state index contributed by atoms with van der Waals surface area (Å²) in [7, 11) is 0. The smallest absolute Gasteiger partial charge is 0.222 e. The molecule has 0 bridgehead atoms. The van der Waals surface area contributed by atoms with Crippen molar-refractivity contribution < 1.29 is 9.90 Å². The van der Waals surface area contributed by atoms with E-state index in [2.05, 4.69) is 17.0 Å². The second-order valence-electron chi connectivity index (χ2n) is 6.42. The van der Waals surface area contributed by atoms with E-state index in [1.165, 1.54) is 5.56 Å². The minimum Gasteiger partial charge on any atom is -0.508 e. The second kappa shape index (κ2) is 8.37. The number of benzene rings is 2. The summed E-state index contributed by atoms with van der Waals surface area (Å²) in [6.45, 7) is 3.73. The Morgan fingerprint density at radius 1 is 1.04 bits per heavy atom. The molecule has 0 saturated carbocycles. The van der Waals surface area contributed by atoms with E-state index in [0.717, 1.165) is 38.2 Å². The molecule has 1 aliphatic heterocycles. The molecule has 2 aromatic carbocycles. The van der Waals surface area contributed by atoms with Crippen LogP contribution in [0.2, 0.25) is 5.02 Å². The molecule has 0 unspecified atom stereocenters. The summed E-state index contributed by atoms with van der Waals surface area (Å²) in [6, 6.07) is 15.2. The number of hydrogen-bond donors (Lipinski definition) is 1. The van der Waals surface area contributed by atoms with Crippen LogP contribution in [0.3, 0.4) is 0 Å². The Morgan fingerprint density at radius 3 is 2.48 bits per heavy atom. The molecule has 5 heteroatoms. The number of nitrogens with zero attached hydrogens (tertiary/aromatic N) is 2. The van der Waals surface area contributed by atoms with Crippen LogP contribution in [0.15, 0.2) is 48.5 Å². The summed E-state index contributed by atoms with van der Waals surface area (Å²) < 4.78 is 0. The molecule has 0 aliphatic carbocycles. The number of carbonyl (C=O) groups is 1. The lowest BCUT2D eigenvalue weighted by Gasteiger charge is -2.35. The van der Waals surface area contributed by atoms with Gasteiger partial charge in [0.2, 0.25) is 5.91 Å². The van der Waals surface area contributed by atoms with Crippen LogP contribution < -0.4 is 0 Å². The highest BCUT2D eigenvalue weighted by atomic mass is 35.5. The van der Waals surface area contributed by atoms with E-state index in [1.807, 2.05) is 23.1 Å². The number of carbonyl (C=O) groups excluding carboxylic acids is 1. The number of hydrogen-bond acceptors (Lipinski definition) is 3. The molecule has 1 saturated heterocycles. The molecule has 132 valence electrons. The van der Waals surface area contributed by atoms with Crippen molar-refractivity contribution in [1.29, 1.82) is 0 Å². The predicted octanol–water partition coefficient (Wildman–Crippen LogP) is 3.32. The van der Waals surface area contributed by atoms with Gasteiger partial charge in [0.1, 0.15) is 5.75 Å². The molecule has 1 fully saturated rings. The Labute approximate surface area is 153 Å². The molecule has 2 aromatic rings. The molecule has 3 rings (SSSR count). The Hall–Kier alpha value is -2.04. The molecule has 1 heterocycles. The van der Waals surface area contributed by atoms with Gasteiger partial charge in [-0.05, 0) is 30.2 Å². The Kier molecular flexibility index (Phi) is 5.95. The van der Waals surface area contributed by atoms with E-state index in [-0.39, 0.29) is 11.7 Å². The maximum Gasteiger partial charge on any atom is 0.222 e. The lowest BCUT2D eigenvalue weighted by Crippen LogP contribution is -2.48. The van der Waals surface area contributed by atoms with Crippen LogP contribution in [-0.2, 0) is 17.8 Å². The third-order valence-corrected chi connectivity index (χ3v) is 4.87. The largest absolute Gasteiger partial charge is 0.508 e. The number of rotatable bonds is 5. The topological polar surface area (TPSA) is 43.8 Å². The normalized spacial score (nSPS) is 15.3. The fraction of sp³-hybridized carbons (Fsp3) is 0.350. The first kappa shape index (κ1) is 17.8. The van der Waals surface area contributed by atoms with E-state index in [0.29, 0.717) is 18.0 Å². The van der Waals surface area contributed by atoms with Gasteiger partial charge < -0.3 is 10.0 Å². The highest BCUT2D eigenvalue weighted by molar-refractivity contribution is 6.30. The standard InChI is InChI=1S/C20H23ClN2O2/c21-18-7-8-19(24)17(14-18)15-22-10-12-23(13-11-22)20(25)9-6-16-4-2-1-3-5-16/h1-5,7-8,14,24H,6,9-13,15H2. The van der Waals surface area contributed by atoms with Gasteiger partial charge in [-0.15, -0.1) is 0 Å². The summed E-state index contributed by atoms with van der Waals surface area (Å²) in [5, 5.41) is 10.6. The van der Waals surface area contributed by atoms with Crippen molar-refractivity contribution in [2.24, 2.45) is 0 Å². The van der Waals surface area contributed by atoms with Crippen LogP contribution in [0.1, 0.15) is 17.5 Å². The molecule has 4 nitrogen and oxygen atoms in total. The van der Waals surface area contributed by atoms with Crippen molar-refractivity contribution in [3.8, 4) is 5.75 Å². The van der Waals surface area contributed by atoms with E-state index < -0.39 is 0 Å². The zero-order chi connectivity index (χ0) is 17.6. The van der Waals surface area contributed by atoms with E-state index in [1.54, 1.807) is 18.2 Å². The van der Waals surface area contributed by atoms with E-state index in [4.69, 9.17) is 11.6 Å². The SMILES string of the molecule is O=C(CCc1ccccc1)N1CCN(Cc2cc(Cl)ccc2O)CC1. The summed E-state index contributed by atoms with van der Waals surface area (Å²) in [5.41, 5.74) is 2.03. The number of phenolic OH excluding ortho intramolecular Hbond substituents is 1. The van der Waals surface area contributed by atoms with Gasteiger partial charge in [0.15, 0.2) is 0 Å². The highest BCUT2D eigenvalue weighted by Crippen LogP contribution is 2.23. The number of aryl methyl sites for hydroxylation is 1. The Morgan fingerprint density at radius 2 is 1.76 bits per heavy atom. The summed E-state index contributed by atoms with van der Waals surface area (Å²) in [4.78, 5) is 16.6. The number of aromatic hydroxyl groups is 1. The fourth-order valence-electron chi connectivity index (χ4n) is 3.13. The van der Waals surface area contributed by atoms with Crippen LogP contribution in [0.4, 0.5) is 0 Å². The van der Waals surface area contributed by atoms with Gasteiger partial charge >= 0.3 is 0 Å². The maximum atomic E-state index is 12.4. The molecule has 1 aliphatic rings. The zero-order valence-electron chi connectivity index (χ0n) is 14.2. The van der Waals surface area contributed by atoms with Gasteiger partial charge in [-0.25, -0.2) is 0 Å². The molecule has 0 aromatic heterocycles. The molecule has 0 spiro atoms. The maximum absolute atomic E-state index is 12.4. The molecule has 0 atom stereocenters. The number of halogens is 1. The zero-order valence-corrected chi connectivity index (χ0v) is 15.0. The van der Waals surface area contributed by atoms with Gasteiger partial charge in [-0.1, -0.05) is 41.9 Å². The third kappa shape index (κ3) is 4.97. The summed E-state index contributed by atoms with van der Waals surface area (Å²) in [6.07, 6.45) is 1.34. The minimum absolute atomic E-state index is 0.217. The lowest BCUT2D eigenvalue weighted by molar-refractivity contribution is -0.133.